The van der Waals surface area contributed by atoms with Crippen LogP contribution in [0.1, 0.15) is 42.6 Å². The van der Waals surface area contributed by atoms with Gasteiger partial charge in [0.2, 0.25) is 5.91 Å². The lowest BCUT2D eigenvalue weighted by Crippen LogP contribution is -2.39. The van der Waals surface area contributed by atoms with E-state index in [1.807, 2.05) is 36.6 Å². The molecule has 7 rings (SSSR count). The first-order valence-corrected chi connectivity index (χ1v) is 16.5. The Kier molecular flexibility index (Phi) is 6.63. The Bertz CT molecular complexity index is 2220. The summed E-state index contributed by atoms with van der Waals surface area (Å²) in [6, 6.07) is 13.4. The van der Waals surface area contributed by atoms with Crippen molar-refractivity contribution < 1.29 is 26.5 Å². The predicted molar refractivity (Wildman–Crippen MR) is 163 cm³/mol. The van der Waals surface area contributed by atoms with Gasteiger partial charge >= 0.3 is 0 Å². The van der Waals surface area contributed by atoms with Crippen molar-refractivity contribution in [2.45, 2.75) is 44.0 Å². The number of rotatable bonds is 5. The first-order valence-electron chi connectivity index (χ1n) is 13.8. The number of hydrogen-bond donors (Lipinski definition) is 0. The summed E-state index contributed by atoms with van der Waals surface area (Å²) >= 11 is 1.30. The Morgan fingerprint density at radius 3 is 2.52 bits per heavy atom. The van der Waals surface area contributed by atoms with Crippen LogP contribution >= 0.6 is 11.3 Å². The number of sulfone groups is 1. The molecule has 0 N–H and O–H groups in total. The number of thiazole rings is 1. The van der Waals surface area contributed by atoms with Crippen molar-refractivity contribution in [3.8, 4) is 16.3 Å². The summed E-state index contributed by atoms with van der Waals surface area (Å²) in [5.41, 5.74) is 4.61. The molecule has 1 atom stereocenters. The van der Waals surface area contributed by atoms with Crippen LogP contribution in [0.5, 0.6) is 0 Å². The van der Waals surface area contributed by atoms with Crippen molar-refractivity contribution in [1.82, 2.24) is 19.7 Å². The number of halogens is 2. The second kappa shape index (κ2) is 10.3. The Morgan fingerprint density at radius 1 is 0.977 bits per heavy atom. The molecule has 4 heterocycles. The van der Waals surface area contributed by atoms with Gasteiger partial charge in [0.15, 0.2) is 26.6 Å². The Morgan fingerprint density at radius 2 is 1.80 bits per heavy atom. The molecule has 224 valence electrons. The molecule has 44 heavy (non-hydrogen) atoms. The largest absolute Gasteiger partial charge is 0.361 e. The van der Waals surface area contributed by atoms with Crippen LogP contribution in [0.2, 0.25) is 0 Å². The maximum atomic E-state index is 14.4. The van der Waals surface area contributed by atoms with Crippen LogP contribution in [0.25, 0.3) is 37.5 Å². The summed E-state index contributed by atoms with van der Waals surface area (Å²) in [5.74, 6) is -1.13. The number of anilines is 1. The summed E-state index contributed by atoms with van der Waals surface area (Å²) in [4.78, 5) is 24.9. The number of piperidine rings is 1. The average molecular weight is 634 g/mol. The number of aromatic nitrogens is 4. The van der Waals surface area contributed by atoms with E-state index in [4.69, 9.17) is 14.5 Å². The van der Waals surface area contributed by atoms with Gasteiger partial charge in [0.1, 0.15) is 11.6 Å². The quantitative estimate of drug-likeness (QED) is 0.204. The number of aryl methyl sites for hydroxylation is 2. The smallest absolute Gasteiger partial charge is 0.227 e. The van der Waals surface area contributed by atoms with Gasteiger partial charge in [0, 0.05) is 30.0 Å². The van der Waals surface area contributed by atoms with Gasteiger partial charge in [-0.2, -0.15) is 0 Å². The van der Waals surface area contributed by atoms with Crippen LogP contribution in [-0.4, -0.2) is 40.3 Å². The molecule has 13 heteroatoms. The fourth-order valence-electron chi connectivity index (χ4n) is 5.87. The second-order valence-corrected chi connectivity index (χ2v) is 13.9. The zero-order valence-electron chi connectivity index (χ0n) is 23.8. The first-order chi connectivity index (χ1) is 21.0. The fourth-order valence-corrected chi connectivity index (χ4v) is 7.62. The Balaban J connectivity index is 1.46. The van der Waals surface area contributed by atoms with Crippen molar-refractivity contribution >= 4 is 54.0 Å². The Hall–Kier alpha value is -4.49. The van der Waals surface area contributed by atoms with Crippen molar-refractivity contribution in [1.29, 1.82) is 0 Å². The molecule has 1 aliphatic heterocycles. The molecule has 3 aromatic heterocycles. The number of hydrogen-bond acceptors (Lipinski definition) is 8. The van der Waals surface area contributed by atoms with Gasteiger partial charge in [-0.3, -0.25) is 9.36 Å². The third-order valence-corrected chi connectivity index (χ3v) is 10.0. The molecule has 0 saturated carbocycles. The van der Waals surface area contributed by atoms with Gasteiger partial charge in [-0.1, -0.05) is 22.6 Å². The van der Waals surface area contributed by atoms with E-state index < -0.39 is 27.5 Å². The lowest BCUT2D eigenvalue weighted by Gasteiger charge is -2.35. The first kappa shape index (κ1) is 28.3. The topological polar surface area (TPSA) is 111 Å². The zero-order valence-corrected chi connectivity index (χ0v) is 25.5. The van der Waals surface area contributed by atoms with Gasteiger partial charge in [0.05, 0.1) is 37.9 Å². The normalized spacial score (nSPS) is 16.0. The van der Waals surface area contributed by atoms with E-state index in [9.17, 15) is 22.0 Å². The second-order valence-electron chi connectivity index (χ2n) is 10.9. The monoisotopic (exact) mass is 633 g/mol. The summed E-state index contributed by atoms with van der Waals surface area (Å²) in [6.07, 6.45) is 2.51. The third kappa shape index (κ3) is 4.67. The summed E-state index contributed by atoms with van der Waals surface area (Å²) in [6.45, 7) is 3.70. The van der Waals surface area contributed by atoms with Crippen LogP contribution in [0.4, 0.5) is 14.5 Å². The molecule has 3 aromatic carbocycles. The van der Waals surface area contributed by atoms with Crippen molar-refractivity contribution in [2.75, 3.05) is 11.2 Å². The van der Waals surface area contributed by atoms with E-state index in [0.717, 1.165) is 35.2 Å². The minimum atomic E-state index is -3.44. The number of imidazole rings is 1. The highest BCUT2D eigenvalue weighted by Crippen LogP contribution is 2.41. The molecule has 6 aromatic rings. The van der Waals surface area contributed by atoms with Gasteiger partial charge in [-0.25, -0.2) is 27.2 Å². The Labute approximate surface area is 254 Å². The van der Waals surface area contributed by atoms with Crippen LogP contribution < -0.4 is 4.90 Å². The minimum Gasteiger partial charge on any atom is -0.361 e. The number of carbonyl (C=O) groups is 1. The fraction of sp³-hybridized carbons (Fsp3) is 0.226. The van der Waals surface area contributed by atoms with Crippen LogP contribution in [-0.2, 0) is 14.6 Å². The molecular weight excluding hydrogens is 609 g/mol. The highest BCUT2D eigenvalue weighted by molar-refractivity contribution is 7.90. The minimum absolute atomic E-state index is 0.183. The standard InChI is InChI=1S/C31H25F2N5O4S2/c1-16-29(17(2)42-36-16)18-7-12-25-24(13-18)34-30(26-5-4-6-28(39)37(26)19-8-10-21(32)22(33)14-19)38(25)31-35-23-11-9-20(44(3,40)41)15-27(23)43-31/h7-15,26H,4-6H2,1-3H3. The molecule has 1 amide bonds. The van der Waals surface area contributed by atoms with Crippen molar-refractivity contribution in [3.05, 3.63) is 83.5 Å². The molecule has 0 spiro atoms. The number of benzene rings is 3. The van der Waals surface area contributed by atoms with Crippen molar-refractivity contribution in [2.24, 2.45) is 0 Å². The van der Waals surface area contributed by atoms with E-state index in [1.165, 1.54) is 28.4 Å². The maximum absolute atomic E-state index is 14.4. The summed E-state index contributed by atoms with van der Waals surface area (Å²) in [7, 11) is -3.44. The zero-order chi connectivity index (χ0) is 30.9. The lowest BCUT2D eigenvalue weighted by molar-refractivity contribution is -0.120. The SMILES string of the molecule is Cc1noc(C)c1-c1ccc2c(c1)nc(C1CCCC(=O)N1c1ccc(F)c(F)c1)n2-c1nc2ccc(S(C)(=O)=O)cc2s1. The van der Waals surface area contributed by atoms with Crippen LogP contribution in [0.3, 0.4) is 0 Å². The molecule has 1 unspecified atom stereocenters. The molecule has 1 saturated heterocycles. The number of nitrogens with zero attached hydrogens (tertiary/aromatic N) is 5. The lowest BCUT2D eigenvalue weighted by atomic mass is 9.99. The third-order valence-electron chi connectivity index (χ3n) is 7.90. The van der Waals surface area contributed by atoms with E-state index in [2.05, 4.69) is 5.16 Å². The molecular formula is C31H25F2N5O4S2. The molecule has 0 aliphatic carbocycles. The molecule has 9 nitrogen and oxygen atoms in total. The summed E-state index contributed by atoms with van der Waals surface area (Å²) < 4.78 is 60.7. The molecule has 0 radical (unpaired) electrons. The molecule has 1 aliphatic rings. The molecule has 0 bridgehead atoms. The van der Waals surface area contributed by atoms with E-state index in [1.54, 1.807) is 12.1 Å². The van der Waals surface area contributed by atoms with E-state index in [-0.39, 0.29) is 22.9 Å². The van der Waals surface area contributed by atoms with Crippen molar-refractivity contribution in [3.63, 3.8) is 0 Å². The highest BCUT2D eigenvalue weighted by atomic mass is 32.2. The van der Waals surface area contributed by atoms with Gasteiger partial charge in [-0.05, 0) is 74.7 Å². The van der Waals surface area contributed by atoms with Crippen LogP contribution in [0, 0.1) is 25.5 Å². The highest BCUT2D eigenvalue weighted by Gasteiger charge is 2.35. The van der Waals surface area contributed by atoms with Gasteiger partial charge in [-0.15, -0.1) is 0 Å². The maximum Gasteiger partial charge on any atom is 0.227 e. The van der Waals surface area contributed by atoms with Crippen LogP contribution in [0.15, 0.2) is 64.0 Å². The summed E-state index contributed by atoms with van der Waals surface area (Å²) in [5, 5.41) is 4.60. The predicted octanol–water partition coefficient (Wildman–Crippen LogP) is 6.85. The number of carbonyl (C=O) groups excluding carboxylic acids is 1. The van der Waals surface area contributed by atoms with Gasteiger partial charge < -0.3 is 9.42 Å². The van der Waals surface area contributed by atoms with E-state index in [0.29, 0.717) is 50.8 Å². The average Bonchev–Trinajstić information content (AvgIpc) is 3.67. The molecule has 1 fully saturated rings. The number of fused-ring (bicyclic) bond motifs is 2. The van der Waals surface area contributed by atoms with Gasteiger partial charge in [0.25, 0.3) is 0 Å². The van der Waals surface area contributed by atoms with E-state index >= 15 is 0 Å². The number of amides is 1.